The van der Waals surface area contributed by atoms with Gasteiger partial charge in [0.2, 0.25) is 0 Å². The predicted octanol–water partition coefficient (Wildman–Crippen LogP) is 0.150. The first-order valence-corrected chi connectivity index (χ1v) is 7.67. The molecule has 1 aliphatic heterocycles. The number of aryl methyl sites for hydroxylation is 1. The smallest absolute Gasteiger partial charge is 0.0898 e. The molecule has 22 heavy (non-hydrogen) atoms. The summed E-state index contributed by atoms with van der Waals surface area (Å²) in [7, 11) is 0. The minimum absolute atomic E-state index is 0.116. The van der Waals surface area contributed by atoms with Gasteiger partial charge in [-0.15, -0.1) is 0 Å². The van der Waals surface area contributed by atoms with Crippen LogP contribution < -0.4 is 0 Å². The topological polar surface area (TPSA) is 68.3 Å². The number of morpholine rings is 1. The van der Waals surface area contributed by atoms with Crippen molar-refractivity contribution < 1.29 is 9.84 Å². The van der Waals surface area contributed by atoms with Crippen LogP contribution in [0.1, 0.15) is 5.56 Å². The normalized spacial score (nSPS) is 21.1. The largest absolute Gasteiger partial charge is 0.390 e. The molecule has 2 aromatic rings. The number of β-amino-alcohol motifs (C(OH)–C–C–N with tert-alkyl or cyclic N) is 1. The van der Waals surface area contributed by atoms with Gasteiger partial charge in [0.25, 0.3) is 0 Å². The number of hydrogen-bond acceptors (Lipinski definition) is 5. The van der Waals surface area contributed by atoms with Crippen LogP contribution in [0, 0.1) is 6.92 Å². The number of nitrogens with zero attached hydrogens (tertiary/aromatic N) is 5. The van der Waals surface area contributed by atoms with Crippen LogP contribution >= 0.6 is 0 Å². The third kappa shape index (κ3) is 4.16. The summed E-state index contributed by atoms with van der Waals surface area (Å²) in [6.45, 7) is 6.30. The average molecular weight is 305 g/mol. The number of rotatable bonds is 6. The lowest BCUT2D eigenvalue weighted by atomic mass is 10.2. The van der Waals surface area contributed by atoms with Crippen LogP contribution in [0.3, 0.4) is 0 Å². The summed E-state index contributed by atoms with van der Waals surface area (Å²) in [4.78, 5) is 2.25. The molecule has 0 aliphatic carbocycles. The van der Waals surface area contributed by atoms with Gasteiger partial charge in [-0.05, 0) is 18.6 Å². The van der Waals surface area contributed by atoms with Crippen molar-refractivity contribution >= 4 is 0 Å². The van der Waals surface area contributed by atoms with E-state index in [9.17, 15) is 5.11 Å². The third-order valence-electron chi connectivity index (χ3n) is 3.80. The highest BCUT2D eigenvalue weighted by Gasteiger charge is 2.23. The van der Waals surface area contributed by atoms with Crippen molar-refractivity contribution in [1.29, 1.82) is 0 Å². The second kappa shape index (κ2) is 7.04. The quantitative estimate of drug-likeness (QED) is 0.823. The Kier molecular flexibility index (Phi) is 4.87. The summed E-state index contributed by atoms with van der Waals surface area (Å²) in [5, 5.41) is 18.6. The minimum atomic E-state index is -0.425. The van der Waals surface area contributed by atoms with Gasteiger partial charge in [0.1, 0.15) is 0 Å². The Morgan fingerprint density at radius 1 is 1.36 bits per heavy atom. The van der Waals surface area contributed by atoms with Gasteiger partial charge in [0.05, 0.1) is 38.1 Å². The molecule has 0 saturated carbocycles. The highest BCUT2D eigenvalue weighted by atomic mass is 16.5. The standard InChI is InChI=1S/C15H23N5O2/c1-13-7-17-20(8-13)12-15-11-18(5-6-22-15)9-14(21)10-19-4-2-3-16-19/h2-4,7-8,14-15,21H,5-6,9-12H2,1H3/t14-,15-/m0/s1. The first kappa shape index (κ1) is 15.2. The Morgan fingerprint density at radius 3 is 3.00 bits per heavy atom. The lowest BCUT2D eigenvalue weighted by Gasteiger charge is -2.34. The molecule has 2 aromatic heterocycles. The Bertz CT molecular complexity index is 568. The van der Waals surface area contributed by atoms with Crippen LogP contribution in [-0.4, -0.2) is 68.0 Å². The minimum Gasteiger partial charge on any atom is -0.390 e. The third-order valence-corrected chi connectivity index (χ3v) is 3.80. The number of aliphatic hydroxyl groups excluding tert-OH is 1. The van der Waals surface area contributed by atoms with Crippen LogP contribution in [0.15, 0.2) is 30.9 Å². The second-order valence-electron chi connectivity index (χ2n) is 5.87. The Hall–Kier alpha value is -1.70. The van der Waals surface area contributed by atoms with Crippen LogP contribution in [-0.2, 0) is 17.8 Å². The Morgan fingerprint density at radius 2 is 2.27 bits per heavy atom. The fourth-order valence-corrected chi connectivity index (χ4v) is 2.81. The number of aromatic nitrogens is 4. The summed E-state index contributed by atoms with van der Waals surface area (Å²) < 4.78 is 9.49. The van der Waals surface area contributed by atoms with Crippen LogP contribution in [0.25, 0.3) is 0 Å². The molecular formula is C15H23N5O2. The first-order chi connectivity index (χ1) is 10.7. The van der Waals surface area contributed by atoms with Gasteiger partial charge in [0, 0.05) is 38.2 Å². The molecule has 3 rings (SSSR count). The number of aliphatic hydroxyl groups is 1. The van der Waals surface area contributed by atoms with Gasteiger partial charge in [-0.1, -0.05) is 0 Å². The van der Waals surface area contributed by atoms with E-state index in [0.29, 0.717) is 19.7 Å². The summed E-state index contributed by atoms with van der Waals surface area (Å²) in [6, 6.07) is 1.86. The van der Waals surface area contributed by atoms with Crippen molar-refractivity contribution in [1.82, 2.24) is 24.5 Å². The summed E-state index contributed by atoms with van der Waals surface area (Å²) in [6.07, 6.45) is 7.16. The molecule has 0 unspecified atom stereocenters. The molecule has 1 aliphatic rings. The number of hydrogen-bond donors (Lipinski definition) is 1. The van der Waals surface area contributed by atoms with Crippen molar-refractivity contribution in [2.45, 2.75) is 32.2 Å². The van der Waals surface area contributed by atoms with E-state index in [1.54, 1.807) is 10.9 Å². The summed E-state index contributed by atoms with van der Waals surface area (Å²) >= 11 is 0. The summed E-state index contributed by atoms with van der Waals surface area (Å²) in [5.74, 6) is 0. The van der Waals surface area contributed by atoms with E-state index in [-0.39, 0.29) is 6.10 Å². The van der Waals surface area contributed by atoms with E-state index >= 15 is 0 Å². The molecule has 0 aromatic carbocycles. The van der Waals surface area contributed by atoms with E-state index in [1.165, 1.54) is 0 Å². The zero-order valence-electron chi connectivity index (χ0n) is 12.9. The second-order valence-corrected chi connectivity index (χ2v) is 5.87. The lowest BCUT2D eigenvalue weighted by molar-refractivity contribution is -0.0497. The molecule has 1 fully saturated rings. The fourth-order valence-electron chi connectivity index (χ4n) is 2.81. The van der Waals surface area contributed by atoms with Crippen molar-refractivity contribution in [3.05, 3.63) is 36.4 Å². The predicted molar refractivity (Wildman–Crippen MR) is 81.4 cm³/mol. The zero-order valence-corrected chi connectivity index (χ0v) is 12.9. The maximum Gasteiger partial charge on any atom is 0.0898 e. The fraction of sp³-hybridized carbons (Fsp3) is 0.600. The van der Waals surface area contributed by atoms with E-state index in [0.717, 1.165) is 25.2 Å². The Balaban J connectivity index is 1.47. The molecule has 0 amide bonds. The van der Waals surface area contributed by atoms with Crippen LogP contribution in [0.4, 0.5) is 0 Å². The van der Waals surface area contributed by atoms with E-state index in [4.69, 9.17) is 4.74 Å². The van der Waals surface area contributed by atoms with E-state index < -0.39 is 6.10 Å². The van der Waals surface area contributed by atoms with Gasteiger partial charge >= 0.3 is 0 Å². The van der Waals surface area contributed by atoms with Crippen LogP contribution in [0.5, 0.6) is 0 Å². The zero-order chi connectivity index (χ0) is 15.4. The monoisotopic (exact) mass is 305 g/mol. The lowest BCUT2D eigenvalue weighted by Crippen LogP contribution is -2.47. The molecule has 0 bridgehead atoms. The molecule has 7 heteroatoms. The molecule has 2 atom stereocenters. The van der Waals surface area contributed by atoms with Crippen molar-refractivity contribution in [3.8, 4) is 0 Å². The molecule has 1 N–H and O–H groups in total. The molecule has 0 radical (unpaired) electrons. The van der Waals surface area contributed by atoms with Gasteiger partial charge < -0.3 is 9.84 Å². The van der Waals surface area contributed by atoms with Gasteiger partial charge in [-0.2, -0.15) is 10.2 Å². The Labute approximate surface area is 130 Å². The maximum atomic E-state index is 10.2. The summed E-state index contributed by atoms with van der Waals surface area (Å²) in [5.41, 5.74) is 1.15. The molecule has 0 spiro atoms. The molecule has 120 valence electrons. The van der Waals surface area contributed by atoms with Crippen LogP contribution in [0.2, 0.25) is 0 Å². The van der Waals surface area contributed by atoms with Crippen molar-refractivity contribution in [3.63, 3.8) is 0 Å². The van der Waals surface area contributed by atoms with Crippen molar-refractivity contribution in [2.75, 3.05) is 26.2 Å². The highest BCUT2D eigenvalue weighted by molar-refractivity contribution is 4.99. The average Bonchev–Trinajstić information content (AvgIpc) is 3.11. The molecular weight excluding hydrogens is 282 g/mol. The molecule has 3 heterocycles. The maximum absolute atomic E-state index is 10.2. The molecule has 7 nitrogen and oxygen atoms in total. The molecule has 1 saturated heterocycles. The SMILES string of the molecule is Cc1cnn(C[C@@H]2CN(C[C@H](O)Cn3cccn3)CCO2)c1. The van der Waals surface area contributed by atoms with Gasteiger partial charge in [0.15, 0.2) is 0 Å². The van der Waals surface area contributed by atoms with Crippen molar-refractivity contribution in [2.24, 2.45) is 0 Å². The highest BCUT2D eigenvalue weighted by Crippen LogP contribution is 2.09. The van der Waals surface area contributed by atoms with Gasteiger partial charge in [-0.3, -0.25) is 14.3 Å². The first-order valence-electron chi connectivity index (χ1n) is 7.67. The van der Waals surface area contributed by atoms with E-state index in [1.807, 2.05) is 36.3 Å². The van der Waals surface area contributed by atoms with E-state index in [2.05, 4.69) is 15.1 Å². The van der Waals surface area contributed by atoms with Gasteiger partial charge in [-0.25, -0.2) is 0 Å². The number of ether oxygens (including phenoxy) is 1.